The lowest BCUT2D eigenvalue weighted by Crippen LogP contribution is -2.59. The Morgan fingerprint density at radius 1 is 0.826 bits per heavy atom. The highest BCUT2D eigenvalue weighted by molar-refractivity contribution is 5.67. The van der Waals surface area contributed by atoms with E-state index in [9.17, 15) is 9.90 Å². The molecule has 122 valence electrons. The number of ether oxygens (including phenoxy) is 1. The summed E-state index contributed by atoms with van der Waals surface area (Å²) in [5.74, 6) is 7.76. The van der Waals surface area contributed by atoms with Gasteiger partial charge >= 0.3 is 0 Å². The Balaban J connectivity index is 1.45. The van der Waals surface area contributed by atoms with Gasteiger partial charge in [0.25, 0.3) is 0 Å². The van der Waals surface area contributed by atoms with Crippen LogP contribution < -0.4 is 0 Å². The second-order valence-electron chi connectivity index (χ2n) is 10.4. The zero-order chi connectivity index (χ0) is 14.8. The van der Waals surface area contributed by atoms with E-state index in [0.717, 1.165) is 41.9 Å². The molecular formula is C20H24O3. The average Bonchev–Trinajstić information content (AvgIpc) is 3.27. The van der Waals surface area contributed by atoms with Gasteiger partial charge in [0.15, 0.2) is 0 Å². The van der Waals surface area contributed by atoms with Crippen molar-refractivity contribution < 1.29 is 14.6 Å². The molecule has 15 atom stereocenters. The topological polar surface area (TPSA) is 46.5 Å². The molecular weight excluding hydrogens is 288 g/mol. The summed E-state index contributed by atoms with van der Waals surface area (Å²) in [7, 11) is 0. The van der Waals surface area contributed by atoms with Crippen LogP contribution in [0, 0.1) is 70.5 Å². The molecule has 9 rings (SSSR count). The standard InChI is InChI=1S/C20H24O3/c21-5-20-17-7-2-4-9-11(7)13-15(17)14-12(16(13)19(20)23-9)6-1-3-8(22)10(6)18(14)20/h5-19,22H,1-4H2/t6-,7-,8-,9-,10+,11+,12+,13-,14-,15+,16-,17+,18+,19+,20+/m1/s1. The molecule has 3 heteroatoms. The van der Waals surface area contributed by atoms with Crippen LogP contribution in [0.2, 0.25) is 0 Å². The molecule has 0 aromatic heterocycles. The maximum atomic E-state index is 12.7. The maximum absolute atomic E-state index is 12.7. The quantitative estimate of drug-likeness (QED) is 0.750. The molecule has 9 fully saturated rings. The number of carbonyl (C=O) groups excluding carboxylic acids is 1. The first-order chi connectivity index (χ1) is 11.3. The molecule has 9 bridgehead atoms. The summed E-state index contributed by atoms with van der Waals surface area (Å²) in [5.41, 5.74) is -0.202. The van der Waals surface area contributed by atoms with Crippen LogP contribution in [-0.2, 0) is 9.53 Å². The lowest BCUT2D eigenvalue weighted by Gasteiger charge is -2.54. The van der Waals surface area contributed by atoms with Crippen LogP contribution in [0.1, 0.15) is 25.7 Å². The van der Waals surface area contributed by atoms with E-state index in [2.05, 4.69) is 0 Å². The number of hydrogen-bond acceptors (Lipinski definition) is 3. The first-order valence-electron chi connectivity index (χ1n) is 10.1. The molecule has 0 spiro atoms. The number of fused-ring (bicyclic) bond motifs is 1. The number of aliphatic hydroxyl groups is 1. The van der Waals surface area contributed by atoms with Gasteiger partial charge in [0.1, 0.15) is 6.29 Å². The molecule has 8 saturated carbocycles. The van der Waals surface area contributed by atoms with Gasteiger partial charge in [-0.15, -0.1) is 0 Å². The molecule has 0 aromatic rings. The zero-order valence-electron chi connectivity index (χ0n) is 13.3. The molecule has 1 heterocycles. The van der Waals surface area contributed by atoms with E-state index in [0.29, 0.717) is 35.7 Å². The van der Waals surface area contributed by atoms with E-state index < -0.39 is 0 Å². The molecule has 9 aliphatic rings. The lowest BCUT2D eigenvalue weighted by molar-refractivity contribution is -0.206. The van der Waals surface area contributed by atoms with Crippen molar-refractivity contribution in [1.82, 2.24) is 0 Å². The summed E-state index contributed by atoms with van der Waals surface area (Å²) in [5, 5.41) is 10.7. The predicted molar refractivity (Wildman–Crippen MR) is 80.0 cm³/mol. The van der Waals surface area contributed by atoms with Crippen molar-refractivity contribution >= 4 is 6.29 Å². The molecule has 1 N–H and O–H groups in total. The Hall–Kier alpha value is -0.410. The Kier molecular flexibility index (Phi) is 1.67. The number of aldehydes is 1. The highest BCUT2D eigenvalue weighted by Crippen LogP contribution is 2.89. The van der Waals surface area contributed by atoms with Crippen molar-refractivity contribution in [2.24, 2.45) is 70.5 Å². The van der Waals surface area contributed by atoms with Crippen LogP contribution in [0.15, 0.2) is 0 Å². The summed E-state index contributed by atoms with van der Waals surface area (Å²) >= 11 is 0. The van der Waals surface area contributed by atoms with E-state index in [4.69, 9.17) is 4.74 Å². The minimum Gasteiger partial charge on any atom is -0.393 e. The average molecular weight is 312 g/mol. The predicted octanol–water partition coefficient (Wildman–Crippen LogP) is 1.73. The zero-order valence-corrected chi connectivity index (χ0v) is 13.3. The first kappa shape index (κ1) is 12.0. The van der Waals surface area contributed by atoms with Crippen molar-refractivity contribution in [3.8, 4) is 0 Å². The van der Waals surface area contributed by atoms with Crippen LogP contribution in [-0.4, -0.2) is 29.7 Å². The van der Waals surface area contributed by atoms with E-state index >= 15 is 0 Å². The SMILES string of the molecule is O=C[C@@]12[C@@H]3[C@@H]4[C@H]([C@@H]5CC[C@@H](O)[C@H]53)[C@@H]3[C@H]5[C@@H]4[C@@H]1[C@@H]1CC[C@@H](O[C@@H]32)[C@H]15. The van der Waals surface area contributed by atoms with Crippen molar-refractivity contribution in [1.29, 1.82) is 0 Å². The molecule has 1 saturated heterocycles. The van der Waals surface area contributed by atoms with E-state index in [-0.39, 0.29) is 17.6 Å². The molecule has 3 nitrogen and oxygen atoms in total. The Bertz CT molecular complexity index is 661. The largest absolute Gasteiger partial charge is 0.393 e. The van der Waals surface area contributed by atoms with Gasteiger partial charge in [-0.25, -0.2) is 0 Å². The minimum atomic E-state index is -0.202. The first-order valence-corrected chi connectivity index (χ1v) is 10.1. The molecule has 0 aromatic carbocycles. The smallest absolute Gasteiger partial charge is 0.129 e. The molecule has 23 heavy (non-hydrogen) atoms. The highest BCUT2D eigenvalue weighted by Gasteiger charge is 2.90. The van der Waals surface area contributed by atoms with Gasteiger partial charge in [-0.3, -0.25) is 0 Å². The van der Waals surface area contributed by atoms with Crippen molar-refractivity contribution in [2.75, 3.05) is 0 Å². The Labute approximate surface area is 136 Å². The fourth-order valence-corrected chi connectivity index (χ4v) is 11.3. The fourth-order valence-electron chi connectivity index (χ4n) is 11.3. The van der Waals surface area contributed by atoms with Crippen molar-refractivity contribution in [3.63, 3.8) is 0 Å². The van der Waals surface area contributed by atoms with Gasteiger partial charge in [-0.05, 0) is 90.8 Å². The van der Waals surface area contributed by atoms with Gasteiger partial charge in [0.05, 0.1) is 23.7 Å². The molecule has 1 aliphatic heterocycles. The Morgan fingerprint density at radius 2 is 1.65 bits per heavy atom. The van der Waals surface area contributed by atoms with Gasteiger partial charge in [0, 0.05) is 0 Å². The molecule has 0 radical (unpaired) electrons. The minimum absolute atomic E-state index is 0.139. The van der Waals surface area contributed by atoms with E-state index in [1.807, 2.05) is 0 Å². The fraction of sp³-hybridized carbons (Fsp3) is 0.950. The maximum Gasteiger partial charge on any atom is 0.129 e. The highest BCUT2D eigenvalue weighted by atomic mass is 16.5. The summed E-state index contributed by atoms with van der Waals surface area (Å²) < 4.78 is 6.75. The molecule has 0 amide bonds. The molecule has 8 aliphatic carbocycles. The monoisotopic (exact) mass is 312 g/mol. The third-order valence-corrected chi connectivity index (χ3v) is 10.8. The lowest BCUT2D eigenvalue weighted by atomic mass is 9.55. The summed E-state index contributed by atoms with van der Waals surface area (Å²) in [6.45, 7) is 0. The summed E-state index contributed by atoms with van der Waals surface area (Å²) in [6, 6.07) is 0. The number of rotatable bonds is 1. The van der Waals surface area contributed by atoms with Crippen molar-refractivity contribution in [3.05, 3.63) is 0 Å². The van der Waals surface area contributed by atoms with Crippen LogP contribution in [0.4, 0.5) is 0 Å². The van der Waals surface area contributed by atoms with E-state index in [1.165, 1.54) is 25.5 Å². The summed E-state index contributed by atoms with van der Waals surface area (Å²) in [6.07, 6.45) is 6.70. The van der Waals surface area contributed by atoms with Gasteiger partial charge in [-0.1, -0.05) is 0 Å². The van der Waals surface area contributed by atoms with Gasteiger partial charge in [-0.2, -0.15) is 0 Å². The van der Waals surface area contributed by atoms with Crippen LogP contribution in [0.3, 0.4) is 0 Å². The number of hydrogen-bond donors (Lipinski definition) is 1. The Morgan fingerprint density at radius 3 is 2.52 bits per heavy atom. The second-order valence-corrected chi connectivity index (χ2v) is 10.4. The van der Waals surface area contributed by atoms with Gasteiger partial charge in [0.2, 0.25) is 0 Å². The third-order valence-electron chi connectivity index (χ3n) is 10.8. The van der Waals surface area contributed by atoms with Crippen LogP contribution >= 0.6 is 0 Å². The normalized spacial score (nSPS) is 79.9. The molecule has 0 unspecified atom stereocenters. The van der Waals surface area contributed by atoms with Crippen LogP contribution in [0.25, 0.3) is 0 Å². The summed E-state index contributed by atoms with van der Waals surface area (Å²) in [4.78, 5) is 12.7. The van der Waals surface area contributed by atoms with Crippen LogP contribution in [0.5, 0.6) is 0 Å². The van der Waals surface area contributed by atoms with Gasteiger partial charge < -0.3 is 14.6 Å². The van der Waals surface area contributed by atoms with E-state index in [1.54, 1.807) is 0 Å². The number of aliphatic hydroxyl groups excluding tert-OH is 1. The van der Waals surface area contributed by atoms with Crippen molar-refractivity contribution in [2.45, 2.75) is 44.0 Å². The third kappa shape index (κ3) is 0.852. The second kappa shape index (κ2) is 3.19. The number of carbonyl (C=O) groups is 1.